The highest BCUT2D eigenvalue weighted by Crippen LogP contribution is 2.28. The molecule has 0 unspecified atom stereocenters. The van der Waals surface area contributed by atoms with Crippen molar-refractivity contribution < 1.29 is 22.5 Å². The Morgan fingerprint density at radius 3 is 2.78 bits per heavy atom. The zero-order chi connectivity index (χ0) is 16.9. The Morgan fingerprint density at radius 1 is 1.43 bits per heavy atom. The summed E-state index contributed by atoms with van der Waals surface area (Å²) in [5.41, 5.74) is 0.361. The van der Waals surface area contributed by atoms with E-state index >= 15 is 0 Å². The van der Waals surface area contributed by atoms with Crippen molar-refractivity contribution in [1.82, 2.24) is 5.16 Å². The van der Waals surface area contributed by atoms with E-state index in [0.717, 1.165) is 19.1 Å². The van der Waals surface area contributed by atoms with E-state index in [1.807, 2.05) is 0 Å². The molecule has 0 N–H and O–H groups in total. The number of hydrogen-bond acceptors (Lipinski definition) is 6. The van der Waals surface area contributed by atoms with Crippen molar-refractivity contribution in [1.29, 1.82) is 0 Å². The Bertz CT molecular complexity index is 719. The van der Waals surface area contributed by atoms with Gasteiger partial charge in [-0.2, -0.15) is 0 Å². The maximum absolute atomic E-state index is 12.0. The molecule has 6 nitrogen and oxygen atoms in total. The van der Waals surface area contributed by atoms with Gasteiger partial charge in [0.25, 0.3) is 0 Å². The lowest BCUT2D eigenvalue weighted by Gasteiger charge is -2.02. The highest BCUT2D eigenvalue weighted by molar-refractivity contribution is 7.90. The van der Waals surface area contributed by atoms with Crippen LogP contribution in [-0.4, -0.2) is 32.4 Å². The van der Waals surface area contributed by atoms with Crippen molar-refractivity contribution in [2.45, 2.75) is 50.3 Å². The van der Waals surface area contributed by atoms with E-state index in [4.69, 9.17) is 9.26 Å². The topological polar surface area (TPSA) is 86.5 Å². The largest absolute Gasteiger partial charge is 0.466 e. The van der Waals surface area contributed by atoms with Gasteiger partial charge in [0, 0.05) is 18.6 Å². The van der Waals surface area contributed by atoms with Crippen LogP contribution < -0.4 is 0 Å². The van der Waals surface area contributed by atoms with Gasteiger partial charge in [0.1, 0.15) is 10.6 Å². The molecule has 1 aliphatic carbocycles. The predicted octanol–water partition coefficient (Wildman–Crippen LogP) is 1.92. The van der Waals surface area contributed by atoms with Crippen LogP contribution in [-0.2, 0) is 32.2 Å². The molecule has 0 bridgehead atoms. The molecule has 0 radical (unpaired) electrons. The van der Waals surface area contributed by atoms with Gasteiger partial charge in [0.05, 0.1) is 13.0 Å². The number of nitrogens with zero attached hydrogens (tertiary/aromatic N) is 1. The number of ether oxygens (including phenoxy) is 1. The third-order valence-electron chi connectivity index (χ3n) is 3.38. The van der Waals surface area contributed by atoms with Crippen LogP contribution in [0.4, 0.5) is 0 Å². The molecule has 126 valence electrons. The van der Waals surface area contributed by atoms with E-state index in [9.17, 15) is 13.2 Å². The number of sulfone groups is 1. The zero-order valence-corrected chi connectivity index (χ0v) is 14.2. The summed E-state index contributed by atoms with van der Waals surface area (Å²) < 4.78 is 34.0. The van der Waals surface area contributed by atoms with Gasteiger partial charge in [-0.25, -0.2) is 8.42 Å². The van der Waals surface area contributed by atoms with Crippen molar-refractivity contribution in [2.75, 3.05) is 12.9 Å². The molecule has 1 aliphatic rings. The van der Waals surface area contributed by atoms with Crippen molar-refractivity contribution in [2.24, 2.45) is 5.92 Å². The first-order valence-corrected chi connectivity index (χ1v) is 9.62. The van der Waals surface area contributed by atoms with Gasteiger partial charge in [0.15, 0.2) is 15.6 Å². The van der Waals surface area contributed by atoms with E-state index in [1.165, 1.54) is 0 Å². The van der Waals surface area contributed by atoms with Crippen molar-refractivity contribution in [3.05, 3.63) is 11.5 Å². The molecule has 0 aliphatic heterocycles. The fraction of sp³-hybridized carbons (Fsp3) is 0.625. The van der Waals surface area contributed by atoms with Gasteiger partial charge in [-0.15, -0.1) is 0 Å². The molecule has 23 heavy (non-hydrogen) atoms. The molecule has 7 heteroatoms. The molecule has 1 heterocycles. The summed E-state index contributed by atoms with van der Waals surface area (Å²) in [7, 11) is -3.46. The molecule has 1 fully saturated rings. The maximum Gasteiger partial charge on any atom is 0.305 e. The summed E-state index contributed by atoms with van der Waals surface area (Å²) in [5.74, 6) is 6.46. The fourth-order valence-electron chi connectivity index (χ4n) is 2.18. The predicted molar refractivity (Wildman–Crippen MR) is 83.4 cm³/mol. The van der Waals surface area contributed by atoms with Gasteiger partial charge < -0.3 is 9.26 Å². The number of esters is 1. The van der Waals surface area contributed by atoms with E-state index in [0.29, 0.717) is 31.1 Å². The Hall–Kier alpha value is -1.81. The van der Waals surface area contributed by atoms with Crippen LogP contribution in [0.1, 0.15) is 44.1 Å². The van der Waals surface area contributed by atoms with Crippen LogP contribution in [0, 0.1) is 17.8 Å². The minimum absolute atomic E-state index is 0.117. The van der Waals surface area contributed by atoms with Gasteiger partial charge >= 0.3 is 5.97 Å². The quantitative estimate of drug-likeness (QED) is 0.557. The van der Waals surface area contributed by atoms with Crippen LogP contribution in [0.15, 0.2) is 9.42 Å². The van der Waals surface area contributed by atoms with Crippen LogP contribution in [0.5, 0.6) is 0 Å². The van der Waals surface area contributed by atoms with Gasteiger partial charge in [-0.05, 0) is 32.6 Å². The van der Waals surface area contributed by atoms with Crippen LogP contribution >= 0.6 is 0 Å². The molecule has 2 rings (SSSR count). The molecule has 0 atom stereocenters. The van der Waals surface area contributed by atoms with Gasteiger partial charge in [0.2, 0.25) is 0 Å². The highest BCUT2D eigenvalue weighted by Gasteiger charge is 2.24. The summed E-state index contributed by atoms with van der Waals surface area (Å²) in [6.45, 7) is 2.08. The number of rotatable bonds is 7. The Morgan fingerprint density at radius 2 is 2.17 bits per heavy atom. The molecule has 1 aromatic heterocycles. The van der Waals surface area contributed by atoms with E-state index in [2.05, 4.69) is 17.0 Å². The maximum atomic E-state index is 12.0. The van der Waals surface area contributed by atoms with Crippen molar-refractivity contribution >= 4 is 15.8 Å². The average Bonchev–Trinajstić information content (AvgIpc) is 3.18. The normalized spacial score (nSPS) is 14.2. The van der Waals surface area contributed by atoms with Gasteiger partial charge in [-0.1, -0.05) is 17.0 Å². The summed E-state index contributed by atoms with van der Waals surface area (Å²) in [6, 6.07) is 0. The number of aromatic nitrogens is 1. The first-order chi connectivity index (χ1) is 10.9. The lowest BCUT2D eigenvalue weighted by Crippen LogP contribution is -2.06. The smallest absolute Gasteiger partial charge is 0.305 e. The summed E-state index contributed by atoms with van der Waals surface area (Å²) in [6.07, 6.45) is 4.63. The second kappa shape index (κ2) is 7.64. The molecule has 0 saturated heterocycles. The Balaban J connectivity index is 2.05. The third-order valence-corrected chi connectivity index (χ3v) is 4.59. The Kier molecular flexibility index (Phi) is 5.83. The molecule has 0 aromatic carbocycles. The van der Waals surface area contributed by atoms with Crippen molar-refractivity contribution in [3.63, 3.8) is 0 Å². The van der Waals surface area contributed by atoms with E-state index in [1.54, 1.807) is 6.92 Å². The number of aryl methyl sites for hydroxylation is 1. The fourth-order valence-corrected chi connectivity index (χ4v) is 3.27. The van der Waals surface area contributed by atoms with Crippen LogP contribution in [0.2, 0.25) is 0 Å². The minimum Gasteiger partial charge on any atom is -0.466 e. The number of hydrogen-bond donors (Lipinski definition) is 0. The molecule has 0 amide bonds. The highest BCUT2D eigenvalue weighted by atomic mass is 32.2. The number of carbonyl (C=O) groups excluding carboxylic acids is 1. The lowest BCUT2D eigenvalue weighted by atomic mass is 10.2. The monoisotopic (exact) mass is 339 g/mol. The second-order valence-corrected chi connectivity index (χ2v) is 7.54. The minimum atomic E-state index is -3.46. The van der Waals surface area contributed by atoms with E-state index in [-0.39, 0.29) is 29.5 Å². The lowest BCUT2D eigenvalue weighted by molar-refractivity contribution is -0.143. The summed E-state index contributed by atoms with van der Waals surface area (Å²) in [5, 5.41) is 3.86. The second-order valence-electron chi connectivity index (χ2n) is 5.58. The first-order valence-electron chi connectivity index (χ1n) is 7.73. The van der Waals surface area contributed by atoms with Gasteiger partial charge in [-0.3, -0.25) is 4.79 Å². The Labute approximate surface area is 136 Å². The summed E-state index contributed by atoms with van der Waals surface area (Å²) >= 11 is 0. The standard InChI is InChI=1S/C16H21NO5S/c1-3-21-15(18)9-5-7-13-16(23(2,19)20)14(22-17-13)8-4-6-12-10-11-12/h12H,3,5,7-11H2,1-2H3. The van der Waals surface area contributed by atoms with Crippen LogP contribution in [0.3, 0.4) is 0 Å². The van der Waals surface area contributed by atoms with E-state index < -0.39 is 9.84 Å². The number of carbonyl (C=O) groups is 1. The summed E-state index contributed by atoms with van der Waals surface area (Å²) in [4.78, 5) is 11.4. The van der Waals surface area contributed by atoms with Crippen molar-refractivity contribution in [3.8, 4) is 11.8 Å². The zero-order valence-electron chi connectivity index (χ0n) is 13.4. The molecule has 1 saturated carbocycles. The van der Waals surface area contributed by atoms with Crippen LogP contribution in [0.25, 0.3) is 0 Å². The molecular weight excluding hydrogens is 318 g/mol. The SMILES string of the molecule is CCOC(=O)CCCc1noc(CC#CC2CC2)c1S(C)(=O)=O. The molecule has 1 aromatic rings. The average molecular weight is 339 g/mol. The molecular formula is C16H21NO5S. The first kappa shape index (κ1) is 17.5. The molecule has 0 spiro atoms. The third kappa shape index (κ3) is 5.39.